The highest BCUT2D eigenvalue weighted by Gasteiger charge is 2.27. The van der Waals surface area contributed by atoms with Gasteiger partial charge in [0.1, 0.15) is 12.0 Å². The van der Waals surface area contributed by atoms with Gasteiger partial charge in [0.15, 0.2) is 0 Å². The molecule has 3 aromatic rings. The molecule has 1 atom stereocenters. The molecule has 0 radical (unpaired) electrons. The van der Waals surface area contributed by atoms with E-state index in [1.165, 1.54) is 11.1 Å². The highest BCUT2D eigenvalue weighted by Crippen LogP contribution is 2.29. The Kier molecular flexibility index (Phi) is 5.04. The summed E-state index contributed by atoms with van der Waals surface area (Å²) < 4.78 is 13.8. The van der Waals surface area contributed by atoms with Crippen LogP contribution in [0.5, 0.6) is 5.75 Å². The molecule has 1 aliphatic rings. The van der Waals surface area contributed by atoms with Gasteiger partial charge < -0.3 is 14.0 Å². The van der Waals surface area contributed by atoms with Crippen molar-refractivity contribution in [3.05, 3.63) is 84.2 Å². The second-order valence-corrected chi connectivity index (χ2v) is 6.46. The van der Waals surface area contributed by atoms with Gasteiger partial charge in [0, 0.05) is 42.8 Å². The molecule has 0 aliphatic carbocycles. The van der Waals surface area contributed by atoms with E-state index in [4.69, 9.17) is 9.47 Å². The Morgan fingerprint density at radius 1 is 1.08 bits per heavy atom. The van der Waals surface area contributed by atoms with Crippen LogP contribution in [-0.2, 0) is 11.3 Å². The topological polar surface area (TPSA) is 26.6 Å². The molecule has 0 amide bonds. The molecular formula is C22H24N2O2. The zero-order valence-corrected chi connectivity index (χ0v) is 15.0. The molecule has 1 aliphatic heterocycles. The summed E-state index contributed by atoms with van der Waals surface area (Å²) in [5.41, 5.74) is 3.59. The van der Waals surface area contributed by atoms with Gasteiger partial charge >= 0.3 is 0 Å². The lowest BCUT2D eigenvalue weighted by molar-refractivity contribution is 0.0288. The van der Waals surface area contributed by atoms with Gasteiger partial charge in [-0.25, -0.2) is 0 Å². The van der Waals surface area contributed by atoms with Crippen molar-refractivity contribution in [3.63, 3.8) is 0 Å². The van der Waals surface area contributed by atoms with E-state index >= 15 is 0 Å². The second-order valence-electron chi connectivity index (χ2n) is 6.46. The molecule has 4 nitrogen and oxygen atoms in total. The van der Waals surface area contributed by atoms with Gasteiger partial charge in [-0.05, 0) is 30.7 Å². The first-order chi connectivity index (χ1) is 12.8. The van der Waals surface area contributed by atoms with E-state index in [2.05, 4.69) is 70.4 Å². The van der Waals surface area contributed by atoms with E-state index in [0.29, 0.717) is 6.61 Å². The lowest BCUT2D eigenvalue weighted by atomic mass is 10.2. The summed E-state index contributed by atoms with van der Waals surface area (Å²) in [5, 5.41) is 0. The first-order valence-corrected chi connectivity index (χ1v) is 9.14. The van der Waals surface area contributed by atoms with E-state index < -0.39 is 0 Å². The van der Waals surface area contributed by atoms with Gasteiger partial charge in [-0.2, -0.15) is 0 Å². The van der Waals surface area contributed by atoms with E-state index in [1.54, 1.807) is 0 Å². The van der Waals surface area contributed by atoms with E-state index in [0.717, 1.165) is 31.1 Å². The maximum absolute atomic E-state index is 6.02. The number of ether oxygens (including phenoxy) is 2. The average Bonchev–Trinajstić information content (AvgIpc) is 3.32. The zero-order valence-electron chi connectivity index (χ0n) is 15.0. The van der Waals surface area contributed by atoms with Crippen LogP contribution in [-0.4, -0.2) is 29.2 Å². The Morgan fingerprint density at radius 3 is 2.81 bits per heavy atom. The van der Waals surface area contributed by atoms with Crippen molar-refractivity contribution in [1.82, 2.24) is 9.47 Å². The molecule has 1 fully saturated rings. The van der Waals surface area contributed by atoms with Crippen molar-refractivity contribution in [3.8, 4) is 11.4 Å². The van der Waals surface area contributed by atoms with E-state index in [-0.39, 0.29) is 6.23 Å². The van der Waals surface area contributed by atoms with Gasteiger partial charge in [0.2, 0.25) is 0 Å². The summed E-state index contributed by atoms with van der Waals surface area (Å²) in [6.45, 7) is 5.29. The molecule has 0 saturated carbocycles. The Morgan fingerprint density at radius 2 is 1.96 bits per heavy atom. The molecule has 134 valence electrons. The summed E-state index contributed by atoms with van der Waals surface area (Å²) in [7, 11) is 0. The Hall–Kier alpha value is -2.56. The molecule has 1 saturated heterocycles. The van der Waals surface area contributed by atoms with Crippen LogP contribution in [0.2, 0.25) is 0 Å². The third-order valence-corrected chi connectivity index (χ3v) is 4.64. The number of hydrogen-bond donors (Lipinski definition) is 0. The minimum atomic E-state index is 0.00605. The van der Waals surface area contributed by atoms with Crippen LogP contribution in [0.15, 0.2) is 73.1 Å². The van der Waals surface area contributed by atoms with Gasteiger partial charge in [-0.15, -0.1) is 0 Å². The second kappa shape index (κ2) is 7.77. The number of hydrogen-bond acceptors (Lipinski definition) is 3. The fraction of sp³-hybridized carbons (Fsp3) is 0.273. The van der Waals surface area contributed by atoms with Gasteiger partial charge in [0.05, 0.1) is 13.2 Å². The lowest BCUT2D eigenvalue weighted by Crippen LogP contribution is -2.23. The molecule has 2 aromatic carbocycles. The van der Waals surface area contributed by atoms with Gasteiger partial charge in [-0.3, -0.25) is 4.90 Å². The SMILES string of the molecule is CCOc1cccc(-n2ccc([C@H]3OCCN3Cc3ccccc3)c2)c1. The van der Waals surface area contributed by atoms with Crippen LogP contribution in [0.25, 0.3) is 5.69 Å². The van der Waals surface area contributed by atoms with Crippen molar-refractivity contribution in [2.24, 2.45) is 0 Å². The van der Waals surface area contributed by atoms with Crippen molar-refractivity contribution < 1.29 is 9.47 Å². The maximum atomic E-state index is 6.02. The molecular weight excluding hydrogens is 324 g/mol. The summed E-state index contributed by atoms with van der Waals surface area (Å²) in [6, 6.07) is 20.9. The van der Waals surface area contributed by atoms with E-state index in [9.17, 15) is 0 Å². The summed E-state index contributed by atoms with van der Waals surface area (Å²) in [6.07, 6.45) is 4.24. The fourth-order valence-corrected chi connectivity index (χ4v) is 3.41. The van der Waals surface area contributed by atoms with Crippen molar-refractivity contribution in [1.29, 1.82) is 0 Å². The van der Waals surface area contributed by atoms with Gasteiger partial charge in [0.25, 0.3) is 0 Å². The molecule has 0 bridgehead atoms. The third kappa shape index (κ3) is 3.66. The van der Waals surface area contributed by atoms with Crippen molar-refractivity contribution >= 4 is 0 Å². The molecule has 1 aromatic heterocycles. The molecule has 4 rings (SSSR count). The summed E-state index contributed by atoms with van der Waals surface area (Å²) in [5.74, 6) is 0.892. The molecule has 0 unspecified atom stereocenters. The van der Waals surface area contributed by atoms with Crippen LogP contribution < -0.4 is 4.74 Å². The van der Waals surface area contributed by atoms with Crippen LogP contribution in [0.1, 0.15) is 24.3 Å². The molecule has 0 N–H and O–H groups in total. The van der Waals surface area contributed by atoms with Crippen LogP contribution in [0, 0.1) is 0 Å². The van der Waals surface area contributed by atoms with Crippen molar-refractivity contribution in [2.45, 2.75) is 19.7 Å². The molecule has 26 heavy (non-hydrogen) atoms. The van der Waals surface area contributed by atoms with Gasteiger partial charge in [-0.1, -0.05) is 36.4 Å². The third-order valence-electron chi connectivity index (χ3n) is 4.64. The monoisotopic (exact) mass is 348 g/mol. The lowest BCUT2D eigenvalue weighted by Gasteiger charge is -2.22. The predicted octanol–water partition coefficient (Wildman–Crippen LogP) is 4.41. The number of rotatable bonds is 6. The quantitative estimate of drug-likeness (QED) is 0.660. The van der Waals surface area contributed by atoms with Crippen LogP contribution in [0.3, 0.4) is 0 Å². The first kappa shape index (κ1) is 16.9. The predicted molar refractivity (Wildman–Crippen MR) is 102 cm³/mol. The van der Waals surface area contributed by atoms with Crippen LogP contribution in [0.4, 0.5) is 0 Å². The minimum Gasteiger partial charge on any atom is -0.494 e. The Bertz CT molecular complexity index is 844. The highest BCUT2D eigenvalue weighted by molar-refractivity contribution is 5.40. The number of benzene rings is 2. The summed E-state index contributed by atoms with van der Waals surface area (Å²) >= 11 is 0. The normalized spacial score (nSPS) is 17.5. The number of nitrogens with zero attached hydrogens (tertiary/aromatic N) is 2. The Labute approximate surface area is 154 Å². The maximum Gasteiger partial charge on any atom is 0.138 e. The smallest absolute Gasteiger partial charge is 0.138 e. The first-order valence-electron chi connectivity index (χ1n) is 9.14. The molecule has 4 heteroatoms. The van der Waals surface area contributed by atoms with Crippen molar-refractivity contribution in [2.75, 3.05) is 19.8 Å². The number of aromatic nitrogens is 1. The standard InChI is InChI=1S/C22H24N2O2/c1-2-25-21-10-6-9-20(15-21)23-12-11-19(17-23)22-24(13-14-26-22)16-18-7-4-3-5-8-18/h3-12,15,17,22H,2,13-14,16H2,1H3/t22-/m1/s1. The van der Waals surface area contributed by atoms with E-state index in [1.807, 2.05) is 19.1 Å². The Balaban J connectivity index is 1.52. The van der Waals surface area contributed by atoms with Crippen LogP contribution >= 0.6 is 0 Å². The highest BCUT2D eigenvalue weighted by atomic mass is 16.5. The summed E-state index contributed by atoms with van der Waals surface area (Å²) in [4.78, 5) is 2.38. The zero-order chi connectivity index (χ0) is 17.8. The average molecular weight is 348 g/mol. The minimum absolute atomic E-state index is 0.00605. The largest absolute Gasteiger partial charge is 0.494 e. The molecule has 2 heterocycles. The molecule has 0 spiro atoms. The fourth-order valence-electron chi connectivity index (χ4n) is 3.41.